The standard InChI is InChI=1S/C16H28N4/c1-5-20(12(3)16-10-19(4)18-11(16)2)15-8-13-6-7-14(9-15)17-13/h10,12-15,17H,5-9H2,1-4H3. The molecular weight excluding hydrogens is 248 g/mol. The van der Waals surface area contributed by atoms with Crippen LogP contribution in [0.2, 0.25) is 0 Å². The molecule has 2 aliphatic rings. The molecule has 2 saturated heterocycles. The van der Waals surface area contributed by atoms with Gasteiger partial charge in [0.25, 0.3) is 0 Å². The predicted octanol–water partition coefficient (Wildman–Crippen LogP) is 2.39. The second-order valence-electron chi connectivity index (χ2n) is 6.61. The van der Waals surface area contributed by atoms with Gasteiger partial charge in [0.15, 0.2) is 0 Å². The van der Waals surface area contributed by atoms with E-state index in [1.54, 1.807) is 0 Å². The van der Waals surface area contributed by atoms with Gasteiger partial charge in [-0.25, -0.2) is 0 Å². The van der Waals surface area contributed by atoms with Crippen molar-refractivity contribution in [1.82, 2.24) is 20.0 Å². The van der Waals surface area contributed by atoms with Crippen LogP contribution in [0.1, 0.15) is 56.8 Å². The molecule has 3 rings (SSSR count). The van der Waals surface area contributed by atoms with Crippen molar-refractivity contribution in [3.63, 3.8) is 0 Å². The zero-order chi connectivity index (χ0) is 14.3. The van der Waals surface area contributed by atoms with Crippen molar-refractivity contribution in [1.29, 1.82) is 0 Å². The molecule has 0 aromatic carbocycles. The minimum absolute atomic E-state index is 0.469. The third-order valence-corrected chi connectivity index (χ3v) is 5.28. The Morgan fingerprint density at radius 3 is 2.55 bits per heavy atom. The first-order valence-corrected chi connectivity index (χ1v) is 8.10. The summed E-state index contributed by atoms with van der Waals surface area (Å²) in [6.07, 6.45) is 7.57. The summed E-state index contributed by atoms with van der Waals surface area (Å²) < 4.78 is 1.95. The zero-order valence-corrected chi connectivity index (χ0v) is 13.3. The summed E-state index contributed by atoms with van der Waals surface area (Å²) in [6.45, 7) is 7.90. The molecule has 3 heterocycles. The highest BCUT2D eigenvalue weighted by molar-refractivity contribution is 5.20. The quantitative estimate of drug-likeness (QED) is 0.916. The van der Waals surface area contributed by atoms with E-state index in [0.717, 1.165) is 24.7 Å². The van der Waals surface area contributed by atoms with Crippen LogP contribution in [-0.2, 0) is 7.05 Å². The number of piperidine rings is 1. The maximum Gasteiger partial charge on any atom is 0.0641 e. The molecule has 2 aliphatic heterocycles. The fourth-order valence-corrected chi connectivity index (χ4v) is 4.35. The first-order chi connectivity index (χ1) is 9.58. The van der Waals surface area contributed by atoms with Gasteiger partial charge in [-0.3, -0.25) is 9.58 Å². The van der Waals surface area contributed by atoms with Crippen molar-refractivity contribution in [2.45, 2.75) is 70.6 Å². The van der Waals surface area contributed by atoms with E-state index in [9.17, 15) is 0 Å². The Kier molecular flexibility index (Phi) is 3.87. The van der Waals surface area contributed by atoms with E-state index in [4.69, 9.17) is 0 Å². The monoisotopic (exact) mass is 276 g/mol. The highest BCUT2D eigenvalue weighted by Gasteiger charge is 2.37. The molecule has 0 saturated carbocycles. The largest absolute Gasteiger partial charge is 0.311 e. The summed E-state index contributed by atoms with van der Waals surface area (Å²) in [5, 5.41) is 8.26. The Hall–Kier alpha value is -0.870. The Balaban J connectivity index is 1.77. The molecule has 3 unspecified atom stereocenters. The van der Waals surface area contributed by atoms with Crippen LogP contribution >= 0.6 is 0 Å². The molecule has 0 amide bonds. The Morgan fingerprint density at radius 1 is 1.40 bits per heavy atom. The number of nitrogens with zero attached hydrogens (tertiary/aromatic N) is 3. The van der Waals surface area contributed by atoms with Crippen molar-refractivity contribution in [2.75, 3.05) is 6.54 Å². The summed E-state index contributed by atoms with van der Waals surface area (Å²) in [4.78, 5) is 2.69. The molecule has 112 valence electrons. The van der Waals surface area contributed by atoms with Crippen molar-refractivity contribution < 1.29 is 0 Å². The molecule has 1 N–H and O–H groups in total. The summed E-state index contributed by atoms with van der Waals surface area (Å²) in [6, 6.07) is 2.72. The Labute approximate surface area is 122 Å². The third kappa shape index (κ3) is 2.51. The van der Waals surface area contributed by atoms with Gasteiger partial charge < -0.3 is 5.32 Å². The third-order valence-electron chi connectivity index (χ3n) is 5.28. The molecule has 0 radical (unpaired) electrons. The minimum atomic E-state index is 0.469. The SMILES string of the molecule is CCN(C1CC2CCC(C1)N2)C(C)c1cn(C)nc1C. The van der Waals surface area contributed by atoms with Gasteiger partial charge in [0.2, 0.25) is 0 Å². The number of aryl methyl sites for hydroxylation is 2. The van der Waals surface area contributed by atoms with Crippen molar-refractivity contribution in [3.05, 3.63) is 17.5 Å². The van der Waals surface area contributed by atoms with Crippen LogP contribution in [0.25, 0.3) is 0 Å². The van der Waals surface area contributed by atoms with Crippen molar-refractivity contribution >= 4 is 0 Å². The van der Waals surface area contributed by atoms with Crippen LogP contribution in [0.5, 0.6) is 0 Å². The van der Waals surface area contributed by atoms with Crippen LogP contribution in [0.4, 0.5) is 0 Å². The molecule has 4 nitrogen and oxygen atoms in total. The lowest BCUT2D eigenvalue weighted by Crippen LogP contribution is -2.48. The molecule has 2 fully saturated rings. The molecular formula is C16H28N4. The first-order valence-electron chi connectivity index (χ1n) is 8.10. The van der Waals surface area contributed by atoms with Gasteiger partial charge in [-0.2, -0.15) is 5.10 Å². The number of hydrogen-bond acceptors (Lipinski definition) is 3. The van der Waals surface area contributed by atoms with Gasteiger partial charge in [0, 0.05) is 43.0 Å². The normalized spacial score (nSPS) is 30.9. The molecule has 20 heavy (non-hydrogen) atoms. The van der Waals surface area contributed by atoms with Gasteiger partial charge in [-0.05, 0) is 46.1 Å². The molecule has 0 aliphatic carbocycles. The van der Waals surface area contributed by atoms with E-state index in [0.29, 0.717) is 6.04 Å². The van der Waals surface area contributed by atoms with E-state index in [-0.39, 0.29) is 0 Å². The summed E-state index contributed by atoms with van der Waals surface area (Å²) in [7, 11) is 2.02. The average Bonchev–Trinajstić information content (AvgIpc) is 2.92. The van der Waals surface area contributed by atoms with Crippen LogP contribution in [0, 0.1) is 6.92 Å². The summed E-state index contributed by atoms with van der Waals surface area (Å²) in [5.41, 5.74) is 2.57. The molecule has 0 spiro atoms. The lowest BCUT2D eigenvalue weighted by atomic mass is 9.95. The predicted molar refractivity (Wildman–Crippen MR) is 81.7 cm³/mol. The number of aromatic nitrogens is 2. The van der Waals surface area contributed by atoms with Crippen LogP contribution in [0.15, 0.2) is 6.20 Å². The first kappa shape index (κ1) is 14.1. The summed E-state index contributed by atoms with van der Waals surface area (Å²) in [5.74, 6) is 0. The minimum Gasteiger partial charge on any atom is -0.311 e. The molecule has 2 bridgehead atoms. The number of nitrogens with one attached hydrogen (secondary N) is 1. The van der Waals surface area contributed by atoms with Crippen molar-refractivity contribution in [2.24, 2.45) is 7.05 Å². The highest BCUT2D eigenvalue weighted by atomic mass is 15.3. The second kappa shape index (κ2) is 5.49. The number of fused-ring (bicyclic) bond motifs is 2. The Morgan fingerprint density at radius 2 is 2.05 bits per heavy atom. The topological polar surface area (TPSA) is 33.1 Å². The van der Waals surface area contributed by atoms with Gasteiger partial charge in [0.1, 0.15) is 0 Å². The van der Waals surface area contributed by atoms with E-state index in [2.05, 4.69) is 42.3 Å². The fraction of sp³-hybridized carbons (Fsp3) is 0.812. The van der Waals surface area contributed by atoms with E-state index >= 15 is 0 Å². The van der Waals surface area contributed by atoms with E-state index < -0.39 is 0 Å². The highest BCUT2D eigenvalue weighted by Crippen LogP contribution is 2.34. The van der Waals surface area contributed by atoms with Crippen LogP contribution < -0.4 is 5.32 Å². The smallest absolute Gasteiger partial charge is 0.0641 e. The maximum atomic E-state index is 4.51. The fourth-order valence-electron chi connectivity index (χ4n) is 4.35. The zero-order valence-electron chi connectivity index (χ0n) is 13.3. The van der Waals surface area contributed by atoms with E-state index in [1.807, 2.05) is 11.7 Å². The van der Waals surface area contributed by atoms with E-state index in [1.165, 1.54) is 36.9 Å². The Bertz CT molecular complexity index is 455. The van der Waals surface area contributed by atoms with Crippen LogP contribution in [0.3, 0.4) is 0 Å². The van der Waals surface area contributed by atoms with Gasteiger partial charge in [-0.15, -0.1) is 0 Å². The number of hydrogen-bond donors (Lipinski definition) is 1. The lowest BCUT2D eigenvalue weighted by molar-refractivity contribution is 0.107. The molecule has 4 heteroatoms. The molecule has 1 aromatic heterocycles. The maximum absolute atomic E-state index is 4.51. The van der Waals surface area contributed by atoms with Crippen molar-refractivity contribution in [3.8, 4) is 0 Å². The lowest BCUT2D eigenvalue weighted by Gasteiger charge is -2.40. The number of rotatable bonds is 4. The summed E-state index contributed by atoms with van der Waals surface area (Å²) >= 11 is 0. The van der Waals surface area contributed by atoms with Gasteiger partial charge >= 0.3 is 0 Å². The van der Waals surface area contributed by atoms with Gasteiger partial charge in [-0.1, -0.05) is 6.92 Å². The molecule has 3 atom stereocenters. The second-order valence-corrected chi connectivity index (χ2v) is 6.61. The van der Waals surface area contributed by atoms with Gasteiger partial charge in [0.05, 0.1) is 5.69 Å². The average molecular weight is 276 g/mol. The van der Waals surface area contributed by atoms with Crippen LogP contribution in [-0.4, -0.2) is 39.4 Å². The molecule has 1 aromatic rings.